The van der Waals surface area contributed by atoms with Crippen LogP contribution in [0.3, 0.4) is 0 Å². The van der Waals surface area contributed by atoms with Crippen LogP contribution < -0.4 is 10.1 Å². The van der Waals surface area contributed by atoms with Gasteiger partial charge in [-0.25, -0.2) is 4.79 Å². The van der Waals surface area contributed by atoms with E-state index in [0.29, 0.717) is 12.1 Å². The molecule has 1 aliphatic heterocycles. The lowest BCUT2D eigenvalue weighted by Gasteiger charge is -2.38. The summed E-state index contributed by atoms with van der Waals surface area (Å²) in [6.07, 6.45) is 6.94. The molecule has 2 atom stereocenters. The highest BCUT2D eigenvalue weighted by Crippen LogP contribution is 2.22. The predicted molar refractivity (Wildman–Crippen MR) is 85.2 cm³/mol. The second kappa shape index (κ2) is 7.16. The van der Waals surface area contributed by atoms with Gasteiger partial charge in [-0.05, 0) is 56.9 Å². The Morgan fingerprint density at radius 3 is 2.71 bits per heavy atom. The molecule has 1 N–H and O–H groups in total. The number of benzene rings is 1. The van der Waals surface area contributed by atoms with Gasteiger partial charge in [-0.3, -0.25) is 0 Å². The lowest BCUT2D eigenvalue weighted by Crippen LogP contribution is -2.50. The maximum atomic E-state index is 12.3. The van der Waals surface area contributed by atoms with Crippen molar-refractivity contribution in [2.75, 3.05) is 7.11 Å². The number of hydrogen-bond donors (Lipinski definition) is 1. The summed E-state index contributed by atoms with van der Waals surface area (Å²) < 4.78 is 5.18. The lowest BCUT2D eigenvalue weighted by molar-refractivity contribution is 0.126. The number of carbonyl (C=O) groups excluding carboxylic acids is 1. The molecule has 1 aromatic rings. The van der Waals surface area contributed by atoms with Gasteiger partial charge in [0, 0.05) is 18.3 Å². The van der Waals surface area contributed by atoms with Crippen molar-refractivity contribution in [3.8, 4) is 5.75 Å². The van der Waals surface area contributed by atoms with E-state index in [9.17, 15) is 4.79 Å². The highest BCUT2D eigenvalue weighted by Gasteiger charge is 2.28. The lowest BCUT2D eigenvalue weighted by atomic mass is 9.98. The van der Waals surface area contributed by atoms with Crippen molar-refractivity contribution < 1.29 is 9.53 Å². The number of hydrogen-bond acceptors (Lipinski definition) is 2. The van der Waals surface area contributed by atoms with E-state index in [1.807, 2.05) is 35.2 Å². The van der Waals surface area contributed by atoms with Crippen molar-refractivity contribution in [3.63, 3.8) is 0 Å². The minimum atomic E-state index is -0.0196. The molecule has 0 radical (unpaired) electrons. The zero-order valence-electron chi connectivity index (χ0n) is 13.0. The minimum absolute atomic E-state index is 0.0196. The van der Waals surface area contributed by atoms with Gasteiger partial charge in [-0.15, -0.1) is 0 Å². The molecule has 1 saturated heterocycles. The molecule has 1 aromatic carbocycles. The predicted octanol–water partition coefficient (Wildman–Crippen LogP) is 3.64. The van der Waals surface area contributed by atoms with Gasteiger partial charge in [0.15, 0.2) is 0 Å². The molecule has 1 heterocycles. The smallest absolute Gasteiger partial charge is 0.321 e. The average molecular weight is 288 g/mol. The summed E-state index contributed by atoms with van der Waals surface area (Å²) in [4.78, 5) is 14.2. The maximum absolute atomic E-state index is 12.3. The number of methoxy groups -OCH3 is 1. The highest BCUT2D eigenvalue weighted by atomic mass is 16.5. The maximum Gasteiger partial charge on any atom is 0.321 e. The van der Waals surface area contributed by atoms with Crippen LogP contribution in [0.1, 0.15) is 38.7 Å². The Bertz CT molecular complexity index is 503. The van der Waals surface area contributed by atoms with Crippen molar-refractivity contribution in [1.29, 1.82) is 0 Å². The van der Waals surface area contributed by atoms with Crippen molar-refractivity contribution in [1.82, 2.24) is 10.2 Å². The van der Waals surface area contributed by atoms with E-state index in [1.54, 1.807) is 13.3 Å². The van der Waals surface area contributed by atoms with Gasteiger partial charge in [-0.2, -0.15) is 0 Å². The monoisotopic (exact) mass is 288 g/mol. The molecule has 4 nitrogen and oxygen atoms in total. The molecule has 2 amide bonds. The summed E-state index contributed by atoms with van der Waals surface area (Å²) in [5.41, 5.74) is 0.995. The Morgan fingerprint density at radius 1 is 1.33 bits per heavy atom. The van der Waals surface area contributed by atoms with Crippen LogP contribution in [0.25, 0.3) is 6.08 Å². The van der Waals surface area contributed by atoms with Crippen LogP contribution in [0.5, 0.6) is 5.75 Å². The molecular weight excluding hydrogens is 264 g/mol. The van der Waals surface area contributed by atoms with Crippen LogP contribution in [-0.2, 0) is 0 Å². The van der Waals surface area contributed by atoms with Crippen LogP contribution in [0.4, 0.5) is 4.79 Å². The van der Waals surface area contributed by atoms with Gasteiger partial charge in [-0.1, -0.05) is 12.1 Å². The van der Waals surface area contributed by atoms with E-state index in [-0.39, 0.29) is 6.03 Å². The van der Waals surface area contributed by atoms with Crippen LogP contribution in [0.2, 0.25) is 0 Å². The molecule has 1 aliphatic rings. The van der Waals surface area contributed by atoms with Gasteiger partial charge < -0.3 is 15.0 Å². The number of carbonyl (C=O) groups is 1. The Morgan fingerprint density at radius 2 is 2.05 bits per heavy atom. The minimum Gasteiger partial charge on any atom is -0.497 e. The number of nitrogens with zero attached hydrogens (tertiary/aromatic N) is 1. The molecule has 0 saturated carbocycles. The molecule has 2 rings (SSSR count). The molecule has 21 heavy (non-hydrogen) atoms. The first-order valence-electron chi connectivity index (χ1n) is 7.51. The Hall–Kier alpha value is -1.97. The molecule has 0 bridgehead atoms. The second-order valence-corrected chi connectivity index (χ2v) is 5.60. The zero-order chi connectivity index (χ0) is 15.2. The van der Waals surface area contributed by atoms with E-state index in [4.69, 9.17) is 4.74 Å². The fourth-order valence-corrected chi connectivity index (χ4v) is 2.85. The van der Waals surface area contributed by atoms with Gasteiger partial charge in [0.1, 0.15) is 5.75 Å². The molecule has 0 aliphatic carbocycles. The summed E-state index contributed by atoms with van der Waals surface area (Å²) in [6.45, 7) is 4.22. The van der Waals surface area contributed by atoms with Crippen LogP contribution in [-0.4, -0.2) is 30.1 Å². The van der Waals surface area contributed by atoms with Crippen LogP contribution in [0.15, 0.2) is 30.5 Å². The Kier molecular flexibility index (Phi) is 5.26. The van der Waals surface area contributed by atoms with E-state index in [0.717, 1.165) is 24.2 Å². The number of piperidine rings is 1. The first-order valence-corrected chi connectivity index (χ1v) is 7.51. The fraction of sp³-hybridized carbons (Fsp3) is 0.471. The number of amides is 2. The number of nitrogens with one attached hydrogen (secondary N) is 1. The number of rotatable bonds is 3. The fourth-order valence-electron chi connectivity index (χ4n) is 2.85. The second-order valence-electron chi connectivity index (χ2n) is 5.60. The molecule has 4 heteroatoms. The number of urea groups is 1. The Labute approximate surface area is 126 Å². The Balaban J connectivity index is 1.95. The third-order valence-corrected chi connectivity index (χ3v) is 4.00. The highest BCUT2D eigenvalue weighted by molar-refractivity contribution is 5.77. The summed E-state index contributed by atoms with van der Waals surface area (Å²) in [5.74, 6) is 0.807. The topological polar surface area (TPSA) is 41.6 Å². The first kappa shape index (κ1) is 15.4. The van der Waals surface area contributed by atoms with Crippen LogP contribution in [0, 0.1) is 0 Å². The zero-order valence-corrected chi connectivity index (χ0v) is 13.0. The molecule has 114 valence electrons. The van der Waals surface area contributed by atoms with E-state index in [2.05, 4.69) is 19.2 Å². The van der Waals surface area contributed by atoms with E-state index in [1.165, 1.54) is 6.42 Å². The molecule has 1 fully saturated rings. The summed E-state index contributed by atoms with van der Waals surface area (Å²) in [5, 5.41) is 2.86. The average Bonchev–Trinajstić information content (AvgIpc) is 2.47. The standard InChI is InChI=1S/C17H24N2O2/c1-13-6-4-7-14(2)19(13)17(20)18-11-10-15-8-5-9-16(12-15)21-3/h5,8-14H,4,6-7H2,1-3H3,(H,18,20)/b11-10+. The van der Waals surface area contributed by atoms with E-state index >= 15 is 0 Å². The van der Waals surface area contributed by atoms with Crippen molar-refractivity contribution in [2.45, 2.75) is 45.2 Å². The van der Waals surface area contributed by atoms with Crippen molar-refractivity contribution in [3.05, 3.63) is 36.0 Å². The van der Waals surface area contributed by atoms with Crippen LogP contribution >= 0.6 is 0 Å². The SMILES string of the molecule is COc1cccc(/C=C/NC(=O)N2C(C)CCCC2C)c1. The normalized spacial score (nSPS) is 22.3. The number of ether oxygens (including phenoxy) is 1. The summed E-state index contributed by atoms with van der Waals surface area (Å²) in [6, 6.07) is 8.31. The quantitative estimate of drug-likeness (QED) is 0.922. The third-order valence-electron chi connectivity index (χ3n) is 4.00. The summed E-state index contributed by atoms with van der Waals surface area (Å²) >= 11 is 0. The largest absolute Gasteiger partial charge is 0.497 e. The van der Waals surface area contributed by atoms with Crippen molar-refractivity contribution >= 4 is 12.1 Å². The number of likely N-dealkylation sites (tertiary alicyclic amines) is 1. The van der Waals surface area contributed by atoms with E-state index < -0.39 is 0 Å². The third kappa shape index (κ3) is 4.00. The van der Waals surface area contributed by atoms with Gasteiger partial charge in [0.25, 0.3) is 0 Å². The van der Waals surface area contributed by atoms with Gasteiger partial charge in [0.05, 0.1) is 7.11 Å². The van der Waals surface area contributed by atoms with Crippen molar-refractivity contribution in [2.24, 2.45) is 0 Å². The summed E-state index contributed by atoms with van der Waals surface area (Å²) in [7, 11) is 1.64. The van der Waals surface area contributed by atoms with Gasteiger partial charge in [0.2, 0.25) is 0 Å². The van der Waals surface area contributed by atoms with Gasteiger partial charge >= 0.3 is 6.03 Å². The molecule has 0 spiro atoms. The molecular formula is C17H24N2O2. The first-order chi connectivity index (χ1) is 10.1. The molecule has 2 unspecified atom stereocenters. The molecule has 0 aromatic heterocycles.